The van der Waals surface area contributed by atoms with Crippen LogP contribution in [0.25, 0.3) is 10.4 Å². The number of nitrogens with one attached hydrogen (secondary N) is 1. The number of amides is 1. The number of rotatable bonds is 5. The Kier molecular flexibility index (Phi) is 4.70. The standard InChI is InChI=1S/C14H13N5O/c15-19-18-9-11-6-7-13(16-8-11)10-17-14(20)12-4-2-1-3-5-12/h1-8H,9-10H2,(H,17,20). The summed E-state index contributed by atoms with van der Waals surface area (Å²) >= 11 is 0. The second-order valence-corrected chi connectivity index (χ2v) is 4.10. The van der Waals surface area contributed by atoms with Crippen LogP contribution >= 0.6 is 0 Å². The SMILES string of the molecule is [N-]=[N+]=NCc1ccc(CNC(=O)c2ccccc2)nc1. The highest BCUT2D eigenvalue weighted by molar-refractivity contribution is 5.94. The molecule has 6 heteroatoms. The van der Waals surface area contributed by atoms with Crippen molar-refractivity contribution in [3.63, 3.8) is 0 Å². The van der Waals surface area contributed by atoms with Gasteiger partial charge >= 0.3 is 0 Å². The predicted octanol–water partition coefficient (Wildman–Crippen LogP) is 2.82. The highest BCUT2D eigenvalue weighted by atomic mass is 16.1. The van der Waals surface area contributed by atoms with E-state index in [4.69, 9.17) is 5.53 Å². The number of nitrogens with zero attached hydrogens (tertiary/aromatic N) is 4. The van der Waals surface area contributed by atoms with Gasteiger partial charge in [0.1, 0.15) is 0 Å². The molecule has 0 unspecified atom stereocenters. The van der Waals surface area contributed by atoms with Gasteiger partial charge < -0.3 is 5.32 Å². The van der Waals surface area contributed by atoms with Crippen LogP contribution in [-0.4, -0.2) is 10.9 Å². The summed E-state index contributed by atoms with van der Waals surface area (Å²) in [6, 6.07) is 12.6. The van der Waals surface area contributed by atoms with Crippen LogP contribution in [0.4, 0.5) is 0 Å². The molecule has 0 aliphatic carbocycles. The van der Waals surface area contributed by atoms with Crippen LogP contribution in [0, 0.1) is 0 Å². The lowest BCUT2D eigenvalue weighted by Gasteiger charge is -2.05. The van der Waals surface area contributed by atoms with Gasteiger partial charge in [0.15, 0.2) is 0 Å². The lowest BCUT2D eigenvalue weighted by atomic mass is 10.2. The van der Waals surface area contributed by atoms with E-state index in [1.807, 2.05) is 24.3 Å². The van der Waals surface area contributed by atoms with E-state index in [0.29, 0.717) is 12.1 Å². The van der Waals surface area contributed by atoms with E-state index >= 15 is 0 Å². The molecule has 0 spiro atoms. The molecule has 20 heavy (non-hydrogen) atoms. The summed E-state index contributed by atoms with van der Waals surface area (Å²) in [5.41, 5.74) is 10.4. The Bertz CT molecular complexity index is 618. The number of pyridine rings is 1. The van der Waals surface area contributed by atoms with Gasteiger partial charge in [-0.15, -0.1) is 0 Å². The zero-order valence-electron chi connectivity index (χ0n) is 10.7. The van der Waals surface area contributed by atoms with Gasteiger partial charge in [0.2, 0.25) is 0 Å². The third kappa shape index (κ3) is 3.83. The first-order chi connectivity index (χ1) is 9.79. The number of carbonyl (C=O) groups excluding carboxylic acids is 1. The van der Waals surface area contributed by atoms with Gasteiger partial charge in [0, 0.05) is 16.7 Å². The molecule has 1 heterocycles. The average molecular weight is 267 g/mol. The van der Waals surface area contributed by atoms with Gasteiger partial charge in [-0.05, 0) is 29.3 Å². The lowest BCUT2D eigenvalue weighted by molar-refractivity contribution is 0.0950. The summed E-state index contributed by atoms with van der Waals surface area (Å²) in [7, 11) is 0. The molecule has 2 rings (SSSR count). The zero-order chi connectivity index (χ0) is 14.2. The van der Waals surface area contributed by atoms with Gasteiger partial charge in [0.05, 0.1) is 18.8 Å². The summed E-state index contributed by atoms with van der Waals surface area (Å²) in [6.07, 6.45) is 1.64. The minimum Gasteiger partial charge on any atom is -0.346 e. The van der Waals surface area contributed by atoms with Crippen molar-refractivity contribution in [1.82, 2.24) is 10.3 Å². The molecule has 100 valence electrons. The normalized spacial score (nSPS) is 9.60. The summed E-state index contributed by atoms with van der Waals surface area (Å²) < 4.78 is 0. The van der Waals surface area contributed by atoms with Crippen LogP contribution in [0.1, 0.15) is 21.6 Å². The fourth-order valence-corrected chi connectivity index (χ4v) is 1.63. The fraction of sp³-hybridized carbons (Fsp3) is 0.143. The van der Waals surface area contributed by atoms with Crippen molar-refractivity contribution in [1.29, 1.82) is 0 Å². The molecule has 0 aliphatic heterocycles. The summed E-state index contributed by atoms with van der Waals surface area (Å²) in [5.74, 6) is -0.134. The van der Waals surface area contributed by atoms with Crippen LogP contribution in [0.5, 0.6) is 0 Å². The highest BCUT2D eigenvalue weighted by Gasteiger charge is 2.04. The number of benzene rings is 1. The van der Waals surface area contributed by atoms with Crippen molar-refractivity contribution in [2.24, 2.45) is 5.11 Å². The molecular weight excluding hydrogens is 254 g/mol. The molecule has 0 bridgehead atoms. The van der Waals surface area contributed by atoms with Crippen molar-refractivity contribution >= 4 is 5.91 Å². The number of hydrogen-bond acceptors (Lipinski definition) is 3. The highest BCUT2D eigenvalue weighted by Crippen LogP contribution is 2.03. The summed E-state index contributed by atoms with van der Waals surface area (Å²) in [5, 5.41) is 6.25. The largest absolute Gasteiger partial charge is 0.346 e. The van der Waals surface area contributed by atoms with Gasteiger partial charge in [-0.1, -0.05) is 29.4 Å². The smallest absolute Gasteiger partial charge is 0.251 e. The first-order valence-corrected chi connectivity index (χ1v) is 6.07. The molecule has 0 saturated heterocycles. The Hall–Kier alpha value is -2.85. The van der Waals surface area contributed by atoms with Crippen molar-refractivity contribution in [3.8, 4) is 0 Å². The first kappa shape index (κ1) is 13.6. The number of azide groups is 1. The van der Waals surface area contributed by atoms with E-state index < -0.39 is 0 Å². The number of hydrogen-bond donors (Lipinski definition) is 1. The average Bonchev–Trinajstić information content (AvgIpc) is 2.52. The fourth-order valence-electron chi connectivity index (χ4n) is 1.63. The van der Waals surface area contributed by atoms with Crippen LogP contribution in [0.3, 0.4) is 0 Å². The Morgan fingerprint density at radius 1 is 1.25 bits per heavy atom. The number of carbonyl (C=O) groups is 1. The van der Waals surface area contributed by atoms with Crippen LogP contribution < -0.4 is 5.32 Å². The topological polar surface area (TPSA) is 90.8 Å². The van der Waals surface area contributed by atoms with Crippen molar-refractivity contribution in [2.75, 3.05) is 0 Å². The maximum Gasteiger partial charge on any atom is 0.251 e. The Morgan fingerprint density at radius 3 is 2.70 bits per heavy atom. The third-order valence-corrected chi connectivity index (χ3v) is 2.67. The van der Waals surface area contributed by atoms with Crippen LogP contribution in [0.2, 0.25) is 0 Å². The minimum atomic E-state index is -0.134. The summed E-state index contributed by atoms with van der Waals surface area (Å²) in [6.45, 7) is 0.635. The molecule has 0 radical (unpaired) electrons. The molecule has 1 aromatic heterocycles. The molecule has 0 aliphatic rings. The Balaban J connectivity index is 1.91. The second-order valence-electron chi connectivity index (χ2n) is 4.10. The van der Waals surface area contributed by atoms with E-state index in [-0.39, 0.29) is 12.5 Å². The monoisotopic (exact) mass is 267 g/mol. The second kappa shape index (κ2) is 6.92. The molecule has 1 N–H and O–H groups in total. The van der Waals surface area contributed by atoms with Gasteiger partial charge in [-0.3, -0.25) is 9.78 Å². The van der Waals surface area contributed by atoms with Crippen LogP contribution in [-0.2, 0) is 13.1 Å². The lowest BCUT2D eigenvalue weighted by Crippen LogP contribution is -2.23. The summed E-state index contributed by atoms with van der Waals surface area (Å²) in [4.78, 5) is 18.7. The molecule has 6 nitrogen and oxygen atoms in total. The van der Waals surface area contributed by atoms with Gasteiger partial charge in [-0.2, -0.15) is 0 Å². The van der Waals surface area contributed by atoms with E-state index in [0.717, 1.165) is 11.3 Å². The molecule has 2 aromatic rings. The maximum absolute atomic E-state index is 11.8. The Morgan fingerprint density at radius 2 is 2.05 bits per heavy atom. The van der Waals surface area contributed by atoms with Gasteiger partial charge in [-0.25, -0.2) is 0 Å². The molecule has 0 fully saturated rings. The zero-order valence-corrected chi connectivity index (χ0v) is 10.7. The number of aromatic nitrogens is 1. The van der Waals surface area contributed by atoms with Crippen molar-refractivity contribution in [2.45, 2.75) is 13.1 Å². The van der Waals surface area contributed by atoms with Gasteiger partial charge in [0.25, 0.3) is 5.91 Å². The Labute approximate surface area is 116 Å². The first-order valence-electron chi connectivity index (χ1n) is 6.07. The quantitative estimate of drug-likeness (QED) is 0.512. The molecule has 0 atom stereocenters. The molecule has 0 saturated carbocycles. The van der Waals surface area contributed by atoms with Crippen molar-refractivity contribution in [3.05, 3.63) is 75.9 Å². The van der Waals surface area contributed by atoms with E-state index in [2.05, 4.69) is 20.3 Å². The van der Waals surface area contributed by atoms with E-state index in [1.165, 1.54) is 0 Å². The molecule has 1 amide bonds. The van der Waals surface area contributed by atoms with E-state index in [1.54, 1.807) is 24.4 Å². The predicted molar refractivity (Wildman–Crippen MR) is 74.7 cm³/mol. The molecular formula is C14H13N5O. The third-order valence-electron chi connectivity index (χ3n) is 2.67. The molecule has 1 aromatic carbocycles. The maximum atomic E-state index is 11.8. The minimum absolute atomic E-state index is 0.134. The van der Waals surface area contributed by atoms with Crippen molar-refractivity contribution < 1.29 is 4.79 Å². The van der Waals surface area contributed by atoms with Crippen LogP contribution in [0.15, 0.2) is 53.8 Å². The van der Waals surface area contributed by atoms with E-state index in [9.17, 15) is 4.79 Å².